The molecule has 1 aromatic carbocycles. The van der Waals surface area contributed by atoms with Gasteiger partial charge in [0.2, 0.25) is 0 Å². The van der Waals surface area contributed by atoms with Crippen molar-refractivity contribution >= 4 is 28.8 Å². The summed E-state index contributed by atoms with van der Waals surface area (Å²) < 4.78 is 5.89. The van der Waals surface area contributed by atoms with Crippen LogP contribution in [0.25, 0.3) is 10.9 Å². The van der Waals surface area contributed by atoms with Gasteiger partial charge in [-0.05, 0) is 24.3 Å². The number of aromatic nitrogens is 1. The van der Waals surface area contributed by atoms with Gasteiger partial charge >= 0.3 is 6.03 Å². The maximum Gasteiger partial charge on any atom is 0.323 e. The molecular weight excluding hydrogens is 204 g/mol. The van der Waals surface area contributed by atoms with Crippen LogP contribution in [0.5, 0.6) is 5.75 Å². The highest BCUT2D eigenvalue weighted by atomic mass is 35.5. The van der Waals surface area contributed by atoms with Crippen molar-refractivity contribution in [2.24, 2.45) is 5.73 Å². The van der Waals surface area contributed by atoms with E-state index in [4.69, 9.17) is 17.6 Å². The van der Waals surface area contributed by atoms with E-state index in [2.05, 4.69) is 4.29 Å². The van der Waals surface area contributed by atoms with Crippen molar-refractivity contribution in [2.45, 2.75) is 0 Å². The van der Waals surface area contributed by atoms with Crippen LogP contribution < -0.4 is 10.0 Å². The van der Waals surface area contributed by atoms with Crippen LogP contribution in [0.4, 0.5) is 4.79 Å². The SMILES string of the molecule is NC(=O)n1ccc2cc(OCl)ccc21. The van der Waals surface area contributed by atoms with E-state index < -0.39 is 6.03 Å². The first-order chi connectivity index (χ1) is 6.72. The van der Waals surface area contributed by atoms with E-state index in [1.807, 2.05) is 0 Å². The van der Waals surface area contributed by atoms with Crippen molar-refractivity contribution in [1.29, 1.82) is 0 Å². The van der Waals surface area contributed by atoms with Crippen LogP contribution in [0, 0.1) is 0 Å². The highest BCUT2D eigenvalue weighted by Gasteiger charge is 2.05. The number of halogens is 1. The first-order valence-corrected chi connectivity index (χ1v) is 4.23. The number of hydrogen-bond acceptors (Lipinski definition) is 2. The van der Waals surface area contributed by atoms with Gasteiger partial charge in [0.25, 0.3) is 0 Å². The molecule has 0 spiro atoms. The van der Waals surface area contributed by atoms with E-state index >= 15 is 0 Å². The van der Waals surface area contributed by atoms with Crippen molar-refractivity contribution in [3.05, 3.63) is 30.5 Å². The third kappa shape index (κ3) is 1.29. The summed E-state index contributed by atoms with van der Waals surface area (Å²) in [5.74, 6) is 0.529. The van der Waals surface area contributed by atoms with Gasteiger partial charge in [0.1, 0.15) is 17.6 Å². The molecular formula is C9H7ClN2O2. The molecule has 0 saturated heterocycles. The molecule has 1 aromatic heterocycles. The number of carbonyl (C=O) groups is 1. The molecule has 0 radical (unpaired) electrons. The maximum atomic E-state index is 11.0. The first kappa shape index (κ1) is 8.90. The molecule has 0 atom stereocenters. The Morgan fingerprint density at radius 1 is 1.43 bits per heavy atom. The summed E-state index contributed by atoms with van der Waals surface area (Å²) in [6.07, 6.45) is 1.60. The Kier molecular flexibility index (Phi) is 2.05. The molecule has 2 rings (SSSR count). The highest BCUT2D eigenvalue weighted by Crippen LogP contribution is 2.22. The lowest BCUT2D eigenvalue weighted by molar-refractivity contribution is 0.251. The Bertz CT molecular complexity index is 493. The summed E-state index contributed by atoms with van der Waals surface area (Å²) in [6.45, 7) is 0. The molecule has 0 saturated carbocycles. The Balaban J connectivity index is 2.65. The minimum Gasteiger partial charge on any atom is -0.386 e. The Morgan fingerprint density at radius 2 is 2.21 bits per heavy atom. The lowest BCUT2D eigenvalue weighted by Gasteiger charge is -1.99. The summed E-state index contributed by atoms with van der Waals surface area (Å²) >= 11 is 5.20. The molecule has 0 unspecified atom stereocenters. The topological polar surface area (TPSA) is 57.2 Å². The number of nitrogens with two attached hydrogens (primary N) is 1. The van der Waals surface area contributed by atoms with Gasteiger partial charge in [-0.15, -0.1) is 0 Å². The molecule has 2 aromatic rings. The molecule has 5 heteroatoms. The summed E-state index contributed by atoms with van der Waals surface area (Å²) in [5, 5.41) is 0.849. The molecule has 1 amide bonds. The number of benzene rings is 1. The lowest BCUT2D eigenvalue weighted by Crippen LogP contribution is -2.17. The van der Waals surface area contributed by atoms with E-state index in [9.17, 15) is 4.79 Å². The van der Waals surface area contributed by atoms with E-state index in [1.165, 1.54) is 4.57 Å². The predicted octanol–water partition coefficient (Wildman–Crippen LogP) is 2.10. The number of rotatable bonds is 1. The number of carbonyl (C=O) groups excluding carboxylic acids is 1. The fourth-order valence-corrected chi connectivity index (χ4v) is 1.46. The highest BCUT2D eigenvalue weighted by molar-refractivity contribution is 6.09. The molecule has 1 heterocycles. The molecule has 0 fully saturated rings. The Labute approximate surface area is 85.0 Å². The molecule has 72 valence electrons. The van der Waals surface area contributed by atoms with Gasteiger partial charge in [-0.1, -0.05) is 0 Å². The number of hydrogen-bond donors (Lipinski definition) is 1. The van der Waals surface area contributed by atoms with E-state index in [0.717, 1.165) is 10.9 Å². The number of fused-ring (bicyclic) bond motifs is 1. The monoisotopic (exact) mass is 210 g/mol. The average molecular weight is 211 g/mol. The maximum absolute atomic E-state index is 11.0. The van der Waals surface area contributed by atoms with E-state index in [-0.39, 0.29) is 0 Å². The second-order valence-electron chi connectivity index (χ2n) is 2.82. The zero-order chi connectivity index (χ0) is 10.1. The van der Waals surface area contributed by atoms with Crippen LogP contribution in [0.3, 0.4) is 0 Å². The number of amides is 1. The van der Waals surface area contributed by atoms with Crippen molar-refractivity contribution in [1.82, 2.24) is 4.57 Å². The quantitative estimate of drug-likeness (QED) is 0.784. The minimum absolute atomic E-state index is 0.514. The van der Waals surface area contributed by atoms with Gasteiger partial charge in [-0.3, -0.25) is 4.57 Å². The smallest absolute Gasteiger partial charge is 0.323 e. The van der Waals surface area contributed by atoms with E-state index in [1.54, 1.807) is 30.5 Å². The second-order valence-corrected chi connectivity index (χ2v) is 2.98. The van der Waals surface area contributed by atoms with Crippen molar-refractivity contribution < 1.29 is 9.08 Å². The lowest BCUT2D eigenvalue weighted by atomic mass is 10.2. The van der Waals surface area contributed by atoms with Gasteiger partial charge in [0.05, 0.1) is 5.52 Å². The van der Waals surface area contributed by atoms with Crippen LogP contribution >= 0.6 is 11.9 Å². The first-order valence-electron chi connectivity index (χ1n) is 3.92. The van der Waals surface area contributed by atoms with Crippen molar-refractivity contribution in [3.8, 4) is 5.75 Å². The van der Waals surface area contributed by atoms with Crippen LogP contribution in [0.15, 0.2) is 30.5 Å². The molecule has 0 aliphatic rings. The van der Waals surface area contributed by atoms with Crippen LogP contribution in [-0.4, -0.2) is 10.6 Å². The number of primary amides is 1. The predicted molar refractivity (Wildman–Crippen MR) is 53.4 cm³/mol. The molecule has 0 aliphatic heterocycles. The molecule has 0 aliphatic carbocycles. The fourth-order valence-electron chi connectivity index (χ4n) is 1.36. The Hall–Kier alpha value is -1.68. The van der Waals surface area contributed by atoms with Crippen molar-refractivity contribution in [2.75, 3.05) is 0 Å². The zero-order valence-corrected chi connectivity index (χ0v) is 7.86. The van der Waals surface area contributed by atoms with Gasteiger partial charge in [-0.25, -0.2) is 4.79 Å². The summed E-state index contributed by atoms with van der Waals surface area (Å²) in [6, 6.07) is 6.35. The summed E-state index contributed by atoms with van der Waals surface area (Å²) in [5.41, 5.74) is 5.89. The molecule has 14 heavy (non-hydrogen) atoms. The van der Waals surface area contributed by atoms with Crippen LogP contribution in [0.1, 0.15) is 0 Å². The van der Waals surface area contributed by atoms with Crippen LogP contribution in [0.2, 0.25) is 0 Å². The minimum atomic E-state index is -0.514. The van der Waals surface area contributed by atoms with Gasteiger partial charge in [0.15, 0.2) is 0 Å². The number of nitrogens with zero attached hydrogens (tertiary/aromatic N) is 1. The Morgan fingerprint density at radius 3 is 2.86 bits per heavy atom. The third-order valence-corrected chi connectivity index (χ3v) is 2.17. The largest absolute Gasteiger partial charge is 0.386 e. The van der Waals surface area contributed by atoms with Crippen LogP contribution in [-0.2, 0) is 0 Å². The molecule has 0 bridgehead atoms. The fraction of sp³-hybridized carbons (Fsp3) is 0. The van der Waals surface area contributed by atoms with Gasteiger partial charge in [-0.2, -0.15) is 0 Å². The molecule has 2 N–H and O–H groups in total. The average Bonchev–Trinajstić information content (AvgIpc) is 2.59. The summed E-state index contributed by atoms with van der Waals surface area (Å²) in [7, 11) is 0. The zero-order valence-electron chi connectivity index (χ0n) is 7.11. The van der Waals surface area contributed by atoms with Crippen molar-refractivity contribution in [3.63, 3.8) is 0 Å². The molecule has 4 nitrogen and oxygen atoms in total. The summed E-state index contributed by atoms with van der Waals surface area (Å²) in [4.78, 5) is 11.0. The van der Waals surface area contributed by atoms with E-state index in [0.29, 0.717) is 5.75 Å². The van der Waals surface area contributed by atoms with Gasteiger partial charge < -0.3 is 10.0 Å². The van der Waals surface area contributed by atoms with Gasteiger partial charge in [0, 0.05) is 11.6 Å². The third-order valence-electron chi connectivity index (χ3n) is 1.99. The normalized spacial score (nSPS) is 10.4. The standard InChI is InChI=1S/C9H7ClN2O2/c10-14-7-1-2-8-6(5-7)3-4-12(8)9(11)13/h1-5H,(H2,11,13). The second kappa shape index (κ2) is 3.23.